The molecule has 6 N–H and O–H groups in total. The molecule has 0 bridgehead atoms. The zero-order chi connectivity index (χ0) is 60.0. The monoisotopic (exact) mass is 1160 g/mol. The summed E-state index contributed by atoms with van der Waals surface area (Å²) in [4.78, 5) is 13.2. The molecule has 1 saturated heterocycles. The van der Waals surface area contributed by atoms with Crippen LogP contribution in [0.1, 0.15) is 322 Å². The third-order valence-electron chi connectivity index (χ3n) is 16.5. The fourth-order valence-electron chi connectivity index (χ4n) is 11.0. The quantitative estimate of drug-likeness (QED) is 0.0261. The van der Waals surface area contributed by atoms with E-state index in [1.807, 2.05) is 0 Å². The van der Waals surface area contributed by atoms with Crippen LogP contribution in [0.25, 0.3) is 0 Å². The Morgan fingerprint density at radius 1 is 0.422 bits per heavy atom. The smallest absolute Gasteiger partial charge is 0.220 e. The Bertz CT molecular complexity index is 1590. The SMILES string of the molecule is CC/C=C\C/C=C\C/C=C\C/C=C\C/C=C\C/C=C\C/C=C\CCCCCCCCCCCC(=O)NC(COC1OC(CO)C(O)C(O)C1O)C(O)CCCCCCCCCCCCCCCCCCCCCCCCCCCCCCC. The molecule has 1 fully saturated rings. The molecular weight excluding hydrogens is 1030 g/mol. The maximum Gasteiger partial charge on any atom is 0.220 e. The molecule has 1 rings (SSSR count). The van der Waals surface area contributed by atoms with E-state index in [0.29, 0.717) is 12.8 Å². The molecule has 0 aliphatic carbocycles. The van der Waals surface area contributed by atoms with Crippen LogP contribution in [0, 0.1) is 0 Å². The molecule has 1 aliphatic rings. The maximum atomic E-state index is 13.2. The van der Waals surface area contributed by atoms with Crippen LogP contribution >= 0.6 is 0 Å². The van der Waals surface area contributed by atoms with Gasteiger partial charge in [0, 0.05) is 6.42 Å². The van der Waals surface area contributed by atoms with Crippen LogP contribution in [-0.4, -0.2) is 87.5 Å². The van der Waals surface area contributed by atoms with E-state index in [1.54, 1.807) is 0 Å². The van der Waals surface area contributed by atoms with E-state index in [4.69, 9.17) is 9.47 Å². The molecule has 1 heterocycles. The van der Waals surface area contributed by atoms with Gasteiger partial charge < -0.3 is 40.3 Å². The lowest BCUT2D eigenvalue weighted by Crippen LogP contribution is -2.60. The molecule has 0 aromatic rings. The summed E-state index contributed by atoms with van der Waals surface area (Å²) >= 11 is 0. The standard InChI is InChI=1S/C74H133NO8/c1-3-5-7-9-11-13-15-17-19-21-23-25-27-29-31-33-34-36-38-40-42-44-46-48-50-52-54-56-58-60-62-64-70(78)75-67(66-82-74-73(81)72(80)71(79)69(65-76)83-74)68(77)63-61-59-57-55-53-51-49-47-45-43-41-39-37-35-32-30-28-26-24-22-20-18-16-14-12-10-8-6-4-2/h5,7,11,13,17,19,23,25,29,31,34,36,40,42,67-69,71-74,76-77,79-81H,3-4,6,8-10,12,14-16,18,20-22,24,26-28,30,32-33,35,37-39,41,43-66H2,1-2H3,(H,75,78)/b7-5-,13-11-,19-17-,25-23-,31-29-,36-34-,42-40-. The summed E-state index contributed by atoms with van der Waals surface area (Å²) in [6, 6.07) is -0.730. The fraction of sp³-hybridized carbons (Fsp3) is 0.797. The van der Waals surface area contributed by atoms with Crippen LogP contribution in [0.4, 0.5) is 0 Å². The minimum Gasteiger partial charge on any atom is -0.394 e. The molecule has 9 nitrogen and oxygen atoms in total. The van der Waals surface area contributed by atoms with E-state index in [2.05, 4.69) is 104 Å². The summed E-state index contributed by atoms with van der Waals surface area (Å²) < 4.78 is 11.4. The molecule has 0 radical (unpaired) electrons. The molecule has 9 heteroatoms. The summed E-state index contributed by atoms with van der Waals surface area (Å²) in [6.45, 7) is 3.76. The first-order valence-corrected chi connectivity index (χ1v) is 35.3. The Hall–Kier alpha value is -2.63. The lowest BCUT2D eigenvalue weighted by atomic mass is 9.99. The molecule has 0 aromatic heterocycles. The minimum atomic E-state index is -1.56. The van der Waals surface area contributed by atoms with Gasteiger partial charge >= 0.3 is 0 Å². The summed E-state index contributed by atoms with van der Waals surface area (Å²) in [5.41, 5.74) is 0. The van der Waals surface area contributed by atoms with E-state index in [0.717, 1.165) is 89.9 Å². The van der Waals surface area contributed by atoms with E-state index in [-0.39, 0.29) is 12.5 Å². The molecule has 7 unspecified atom stereocenters. The third-order valence-corrected chi connectivity index (χ3v) is 16.5. The Kier molecular flexibility index (Phi) is 59.0. The highest BCUT2D eigenvalue weighted by molar-refractivity contribution is 5.76. The average Bonchev–Trinajstić information content (AvgIpc) is 3.61. The third kappa shape index (κ3) is 51.2. The lowest BCUT2D eigenvalue weighted by molar-refractivity contribution is -0.302. The van der Waals surface area contributed by atoms with Gasteiger partial charge in [-0.3, -0.25) is 4.79 Å². The van der Waals surface area contributed by atoms with Gasteiger partial charge in [-0.25, -0.2) is 0 Å². The summed E-state index contributed by atoms with van der Waals surface area (Å²) in [5, 5.41) is 55.0. The van der Waals surface area contributed by atoms with Crippen molar-refractivity contribution in [2.75, 3.05) is 13.2 Å². The second kappa shape index (κ2) is 62.4. The van der Waals surface area contributed by atoms with E-state index < -0.39 is 49.5 Å². The number of amides is 1. The van der Waals surface area contributed by atoms with Crippen LogP contribution in [0.2, 0.25) is 0 Å². The number of hydrogen-bond acceptors (Lipinski definition) is 8. The number of aliphatic hydroxyl groups is 5. The van der Waals surface area contributed by atoms with Crippen molar-refractivity contribution in [3.05, 3.63) is 85.1 Å². The Balaban J connectivity index is 2.14. The molecule has 7 atom stereocenters. The van der Waals surface area contributed by atoms with Crippen molar-refractivity contribution in [1.29, 1.82) is 0 Å². The van der Waals surface area contributed by atoms with Gasteiger partial charge in [0.1, 0.15) is 24.4 Å². The van der Waals surface area contributed by atoms with Crippen LogP contribution in [0.5, 0.6) is 0 Å². The fourth-order valence-corrected chi connectivity index (χ4v) is 11.0. The highest BCUT2D eigenvalue weighted by atomic mass is 16.7. The first-order chi connectivity index (χ1) is 40.8. The largest absolute Gasteiger partial charge is 0.394 e. The highest BCUT2D eigenvalue weighted by Crippen LogP contribution is 2.24. The zero-order valence-electron chi connectivity index (χ0n) is 53.9. The van der Waals surface area contributed by atoms with Gasteiger partial charge in [-0.1, -0.05) is 330 Å². The Labute approximate surface area is 511 Å². The van der Waals surface area contributed by atoms with Crippen molar-refractivity contribution < 1.29 is 39.8 Å². The molecule has 0 spiro atoms. The van der Waals surface area contributed by atoms with Gasteiger partial charge in [-0.15, -0.1) is 0 Å². The molecular formula is C74H133NO8. The van der Waals surface area contributed by atoms with Crippen molar-refractivity contribution >= 4 is 5.91 Å². The lowest BCUT2D eigenvalue weighted by Gasteiger charge is -2.40. The average molecular weight is 1160 g/mol. The second-order valence-electron chi connectivity index (χ2n) is 24.3. The predicted octanol–water partition coefficient (Wildman–Crippen LogP) is 19.3. The number of unbranched alkanes of at least 4 members (excludes halogenated alkanes) is 37. The number of carbonyl (C=O) groups is 1. The van der Waals surface area contributed by atoms with E-state index in [9.17, 15) is 30.3 Å². The number of rotatable bonds is 61. The van der Waals surface area contributed by atoms with Crippen LogP contribution in [0.15, 0.2) is 85.1 Å². The van der Waals surface area contributed by atoms with Crippen molar-refractivity contribution in [2.45, 2.75) is 365 Å². The number of aliphatic hydroxyl groups excluding tert-OH is 5. The van der Waals surface area contributed by atoms with Gasteiger partial charge in [-0.05, 0) is 70.6 Å². The van der Waals surface area contributed by atoms with Crippen molar-refractivity contribution in [3.8, 4) is 0 Å². The molecule has 1 amide bonds. The van der Waals surface area contributed by atoms with Gasteiger partial charge in [-0.2, -0.15) is 0 Å². The van der Waals surface area contributed by atoms with E-state index in [1.165, 1.54) is 205 Å². The first-order valence-electron chi connectivity index (χ1n) is 35.3. The molecule has 1 aliphatic heterocycles. The predicted molar refractivity (Wildman–Crippen MR) is 355 cm³/mol. The van der Waals surface area contributed by atoms with E-state index >= 15 is 0 Å². The molecule has 0 aromatic carbocycles. The topological polar surface area (TPSA) is 149 Å². The normalized spacial score (nSPS) is 18.8. The number of nitrogens with one attached hydrogen (secondary N) is 1. The van der Waals surface area contributed by atoms with Gasteiger partial charge in [0.15, 0.2) is 6.29 Å². The van der Waals surface area contributed by atoms with Gasteiger partial charge in [0.2, 0.25) is 5.91 Å². The highest BCUT2D eigenvalue weighted by Gasteiger charge is 2.44. The summed E-state index contributed by atoms with van der Waals surface area (Å²) in [6.07, 6.45) is 82.1. The van der Waals surface area contributed by atoms with Gasteiger partial charge in [0.25, 0.3) is 0 Å². The number of allylic oxidation sites excluding steroid dienone is 14. The van der Waals surface area contributed by atoms with Crippen molar-refractivity contribution in [2.24, 2.45) is 0 Å². The van der Waals surface area contributed by atoms with Crippen LogP contribution in [-0.2, 0) is 14.3 Å². The van der Waals surface area contributed by atoms with Crippen molar-refractivity contribution in [1.82, 2.24) is 5.32 Å². The maximum absolute atomic E-state index is 13.2. The Morgan fingerprint density at radius 2 is 0.747 bits per heavy atom. The molecule has 482 valence electrons. The number of ether oxygens (including phenoxy) is 2. The van der Waals surface area contributed by atoms with Crippen LogP contribution < -0.4 is 5.32 Å². The molecule has 0 saturated carbocycles. The van der Waals surface area contributed by atoms with Gasteiger partial charge in [0.05, 0.1) is 25.4 Å². The van der Waals surface area contributed by atoms with Crippen LogP contribution in [0.3, 0.4) is 0 Å². The molecule has 83 heavy (non-hydrogen) atoms. The number of carbonyl (C=O) groups excluding carboxylic acids is 1. The minimum absolute atomic E-state index is 0.143. The van der Waals surface area contributed by atoms with Crippen molar-refractivity contribution in [3.63, 3.8) is 0 Å². The first kappa shape index (κ1) is 78.4. The summed E-state index contributed by atoms with van der Waals surface area (Å²) in [5.74, 6) is -0.150. The summed E-state index contributed by atoms with van der Waals surface area (Å²) in [7, 11) is 0. The zero-order valence-corrected chi connectivity index (χ0v) is 53.9. The second-order valence-corrected chi connectivity index (χ2v) is 24.3. The number of hydrogen-bond donors (Lipinski definition) is 6. The Morgan fingerprint density at radius 3 is 1.11 bits per heavy atom.